The molecule has 24 heavy (non-hydrogen) atoms. The van der Waals surface area contributed by atoms with Crippen LogP contribution in [0.3, 0.4) is 0 Å². The number of H-pyrrole nitrogens is 1. The lowest BCUT2D eigenvalue weighted by Gasteiger charge is -2.13. The number of nitrogens with one attached hydrogen (secondary N) is 2. The van der Waals surface area contributed by atoms with Crippen LogP contribution in [0.25, 0.3) is 0 Å². The largest absolute Gasteiger partial charge is 0.416 e. The lowest BCUT2D eigenvalue weighted by Crippen LogP contribution is -2.26. The third-order valence-corrected chi connectivity index (χ3v) is 4.05. The number of halogens is 4. The fraction of sp³-hybridized carbons (Fsp3) is 0.308. The van der Waals surface area contributed by atoms with Crippen molar-refractivity contribution < 1.29 is 22.4 Å². The molecule has 2 rings (SSSR count). The number of nitrogens with zero attached hydrogens (tertiary/aromatic N) is 2. The highest BCUT2D eigenvalue weighted by molar-refractivity contribution is 7.99. The highest BCUT2D eigenvalue weighted by atomic mass is 32.2. The molecular weight excluding hydrogens is 352 g/mol. The monoisotopic (exact) mass is 364 g/mol. The number of carbonyl (C=O) groups is 1. The average molecular weight is 364 g/mol. The normalized spacial score (nSPS) is 11.5. The second-order valence-corrected chi connectivity index (χ2v) is 5.68. The zero-order chi connectivity index (χ0) is 17.9. The molecule has 0 aliphatic carbocycles. The van der Waals surface area contributed by atoms with Crippen LogP contribution in [0.4, 0.5) is 17.6 Å². The number of thioether (sulfide) groups is 1. The van der Waals surface area contributed by atoms with Gasteiger partial charge in [-0.1, -0.05) is 17.8 Å². The van der Waals surface area contributed by atoms with Gasteiger partial charge in [0.2, 0.25) is 5.91 Å². The summed E-state index contributed by atoms with van der Waals surface area (Å²) >= 11 is 0.950. The molecule has 0 saturated carbocycles. The van der Waals surface area contributed by atoms with Gasteiger partial charge in [-0.3, -0.25) is 9.36 Å². The summed E-state index contributed by atoms with van der Waals surface area (Å²) < 4.78 is 52.7. The van der Waals surface area contributed by atoms with E-state index in [4.69, 9.17) is 0 Å². The van der Waals surface area contributed by atoms with E-state index in [0.717, 1.165) is 23.9 Å². The fourth-order valence-electron chi connectivity index (χ4n) is 1.80. The summed E-state index contributed by atoms with van der Waals surface area (Å²) in [6.07, 6.45) is -4.72. The van der Waals surface area contributed by atoms with Crippen LogP contribution in [0, 0.1) is 5.82 Å². The van der Waals surface area contributed by atoms with Crippen LogP contribution < -0.4 is 11.0 Å². The minimum absolute atomic E-state index is 0.138. The number of carbonyl (C=O) groups excluding carboxylic acids is 1. The van der Waals surface area contributed by atoms with Crippen LogP contribution in [0.5, 0.6) is 0 Å². The van der Waals surface area contributed by atoms with Crippen LogP contribution in [0.2, 0.25) is 0 Å². The molecule has 1 amide bonds. The molecule has 1 aromatic carbocycles. The molecule has 0 aliphatic rings. The average Bonchev–Trinajstić information content (AvgIpc) is 2.82. The van der Waals surface area contributed by atoms with Crippen molar-refractivity contribution in [1.29, 1.82) is 0 Å². The van der Waals surface area contributed by atoms with Crippen molar-refractivity contribution in [2.45, 2.75) is 17.9 Å². The van der Waals surface area contributed by atoms with E-state index in [1.807, 2.05) is 0 Å². The van der Waals surface area contributed by atoms with Crippen molar-refractivity contribution in [3.05, 3.63) is 45.6 Å². The van der Waals surface area contributed by atoms with Gasteiger partial charge in [-0.25, -0.2) is 14.3 Å². The Kier molecular flexibility index (Phi) is 5.32. The maximum atomic E-state index is 13.0. The second kappa shape index (κ2) is 7.07. The third-order valence-electron chi connectivity index (χ3n) is 3.02. The van der Waals surface area contributed by atoms with Gasteiger partial charge in [0.15, 0.2) is 5.16 Å². The first kappa shape index (κ1) is 18.0. The first-order valence-electron chi connectivity index (χ1n) is 6.55. The maximum Gasteiger partial charge on any atom is 0.416 e. The maximum absolute atomic E-state index is 13.0. The smallest absolute Gasteiger partial charge is 0.351 e. The topological polar surface area (TPSA) is 79.8 Å². The van der Waals surface area contributed by atoms with Crippen LogP contribution in [-0.4, -0.2) is 26.4 Å². The number of aromatic amines is 1. The third kappa shape index (κ3) is 4.37. The molecule has 0 fully saturated rings. The zero-order valence-electron chi connectivity index (χ0n) is 12.3. The molecule has 0 atom stereocenters. The Bertz CT molecular complexity index is 800. The van der Waals surface area contributed by atoms with E-state index in [1.54, 1.807) is 0 Å². The molecule has 0 unspecified atom stereocenters. The molecule has 6 nitrogen and oxygen atoms in total. The lowest BCUT2D eigenvalue weighted by atomic mass is 10.1. The molecule has 0 radical (unpaired) electrons. The zero-order valence-corrected chi connectivity index (χ0v) is 13.1. The van der Waals surface area contributed by atoms with Gasteiger partial charge in [-0.15, -0.1) is 5.10 Å². The number of rotatable bonds is 5. The van der Waals surface area contributed by atoms with Crippen molar-refractivity contribution >= 4 is 17.7 Å². The Hall–Kier alpha value is -2.30. The first-order valence-corrected chi connectivity index (χ1v) is 7.53. The molecule has 0 saturated heterocycles. The van der Waals surface area contributed by atoms with E-state index in [-0.39, 0.29) is 16.5 Å². The van der Waals surface area contributed by atoms with E-state index >= 15 is 0 Å². The summed E-state index contributed by atoms with van der Waals surface area (Å²) in [6, 6.07) is 2.25. The molecule has 0 aliphatic heterocycles. The number of alkyl halides is 3. The minimum atomic E-state index is -4.72. The van der Waals surface area contributed by atoms with Gasteiger partial charge >= 0.3 is 11.9 Å². The number of aromatic nitrogens is 3. The van der Waals surface area contributed by atoms with Crippen molar-refractivity contribution in [2.24, 2.45) is 7.05 Å². The number of amides is 1. The van der Waals surface area contributed by atoms with Gasteiger partial charge in [0.05, 0.1) is 11.3 Å². The van der Waals surface area contributed by atoms with Gasteiger partial charge in [-0.2, -0.15) is 13.2 Å². The summed E-state index contributed by atoms with van der Waals surface area (Å²) in [6.45, 7) is -0.395. The van der Waals surface area contributed by atoms with Gasteiger partial charge in [0.25, 0.3) is 0 Å². The molecule has 130 valence electrons. The lowest BCUT2D eigenvalue weighted by molar-refractivity contribution is -0.138. The summed E-state index contributed by atoms with van der Waals surface area (Å²) in [5.41, 5.74) is -1.82. The predicted molar refractivity (Wildman–Crippen MR) is 77.8 cm³/mol. The summed E-state index contributed by atoms with van der Waals surface area (Å²) in [7, 11) is 1.46. The van der Waals surface area contributed by atoms with Gasteiger partial charge in [0, 0.05) is 13.6 Å². The first-order chi connectivity index (χ1) is 11.2. The summed E-state index contributed by atoms with van der Waals surface area (Å²) in [5, 5.41) is 8.46. The number of hydrogen-bond donors (Lipinski definition) is 2. The van der Waals surface area contributed by atoms with Gasteiger partial charge in [0.1, 0.15) is 5.82 Å². The molecule has 0 spiro atoms. The summed E-state index contributed by atoms with van der Waals surface area (Å²) in [5.74, 6) is -1.69. The fourth-order valence-corrected chi connectivity index (χ4v) is 2.55. The van der Waals surface area contributed by atoms with Gasteiger partial charge < -0.3 is 5.32 Å². The Morgan fingerprint density at radius 1 is 1.42 bits per heavy atom. The molecule has 0 bridgehead atoms. The van der Waals surface area contributed by atoms with E-state index in [9.17, 15) is 27.2 Å². The Morgan fingerprint density at radius 2 is 2.12 bits per heavy atom. The SMILES string of the molecule is Cn1c(SCC(=O)NCc2ccc(F)cc2C(F)(F)F)n[nH]c1=O. The molecule has 1 heterocycles. The van der Waals surface area contributed by atoms with Crippen LogP contribution >= 0.6 is 11.8 Å². The highest BCUT2D eigenvalue weighted by Gasteiger charge is 2.33. The second-order valence-electron chi connectivity index (χ2n) is 4.73. The van der Waals surface area contributed by atoms with Crippen molar-refractivity contribution in [3.8, 4) is 0 Å². The molecule has 1 aromatic heterocycles. The van der Waals surface area contributed by atoms with E-state index in [1.165, 1.54) is 11.6 Å². The summed E-state index contributed by atoms with van der Waals surface area (Å²) in [4.78, 5) is 22.9. The van der Waals surface area contributed by atoms with Crippen LogP contribution in [0.1, 0.15) is 11.1 Å². The van der Waals surface area contributed by atoms with Crippen molar-refractivity contribution in [1.82, 2.24) is 20.1 Å². The van der Waals surface area contributed by atoms with Crippen LogP contribution in [0.15, 0.2) is 28.2 Å². The minimum Gasteiger partial charge on any atom is -0.351 e. The molecule has 2 N–H and O–H groups in total. The van der Waals surface area contributed by atoms with E-state index in [0.29, 0.717) is 6.07 Å². The Labute approximate surface area is 137 Å². The van der Waals surface area contributed by atoms with E-state index < -0.39 is 35.7 Å². The van der Waals surface area contributed by atoms with Crippen molar-refractivity contribution in [2.75, 3.05) is 5.75 Å². The molecular formula is C13H12F4N4O2S. The Balaban J connectivity index is 1.97. The number of hydrogen-bond acceptors (Lipinski definition) is 4. The molecule has 11 heteroatoms. The molecule has 2 aromatic rings. The van der Waals surface area contributed by atoms with E-state index in [2.05, 4.69) is 15.5 Å². The van der Waals surface area contributed by atoms with Gasteiger partial charge in [-0.05, 0) is 17.7 Å². The predicted octanol–water partition coefficient (Wildman–Crippen LogP) is 1.67. The quantitative estimate of drug-likeness (QED) is 0.625. The standard InChI is InChI=1S/C13H12F4N4O2S/c1-21-11(23)19-20-12(21)24-6-10(22)18-5-7-2-3-8(14)4-9(7)13(15,16)17/h2-4H,5-6H2,1H3,(H,18,22)(H,19,23). The highest BCUT2D eigenvalue weighted by Crippen LogP contribution is 2.32. The van der Waals surface area contributed by atoms with Crippen molar-refractivity contribution in [3.63, 3.8) is 0 Å². The Morgan fingerprint density at radius 3 is 2.71 bits per heavy atom. The van der Waals surface area contributed by atoms with Crippen LogP contribution in [-0.2, 0) is 24.6 Å². The number of benzene rings is 1.